The minimum Gasteiger partial charge on any atom is -0.481 e. The first-order valence-electron chi connectivity index (χ1n) is 6.25. The van der Waals surface area contributed by atoms with E-state index >= 15 is 0 Å². The van der Waals surface area contributed by atoms with Crippen LogP contribution in [0, 0.1) is 5.41 Å². The van der Waals surface area contributed by atoms with Crippen molar-refractivity contribution in [2.24, 2.45) is 0 Å². The number of hydrogen-bond acceptors (Lipinski definition) is 8. The summed E-state index contributed by atoms with van der Waals surface area (Å²) in [4.78, 5) is 19.3. The Morgan fingerprint density at radius 1 is 1.18 bits per heavy atom. The highest BCUT2D eigenvalue weighted by molar-refractivity contribution is 6.01. The van der Waals surface area contributed by atoms with Crippen LogP contribution >= 0.6 is 0 Å². The number of carbonyl (C=O) groups excluding carboxylic acids is 1. The molecule has 0 atom stereocenters. The van der Waals surface area contributed by atoms with E-state index in [1.54, 1.807) is 24.3 Å². The first kappa shape index (κ1) is 15.2. The number of methoxy groups -OCH3 is 2. The summed E-state index contributed by atoms with van der Waals surface area (Å²) in [6.07, 6.45) is 1.28. The summed E-state index contributed by atoms with van der Waals surface area (Å²) in [6.45, 7) is 0. The highest BCUT2D eigenvalue weighted by Crippen LogP contribution is 2.22. The van der Waals surface area contributed by atoms with Gasteiger partial charge in [-0.05, 0) is 24.3 Å². The third kappa shape index (κ3) is 3.11. The van der Waals surface area contributed by atoms with Gasteiger partial charge in [-0.3, -0.25) is 5.41 Å². The molecule has 2 rings (SSSR count). The Morgan fingerprint density at radius 2 is 1.86 bits per heavy atom. The Bertz CT molecular complexity index is 700. The largest absolute Gasteiger partial charge is 0.481 e. The molecular weight excluding hydrogens is 286 g/mol. The van der Waals surface area contributed by atoms with E-state index in [1.807, 2.05) is 0 Å². The fourth-order valence-electron chi connectivity index (χ4n) is 1.76. The van der Waals surface area contributed by atoms with Crippen molar-refractivity contribution >= 4 is 29.2 Å². The quantitative estimate of drug-likeness (QED) is 0.445. The molecule has 8 heteroatoms. The van der Waals surface area contributed by atoms with Crippen molar-refractivity contribution in [3.63, 3.8) is 0 Å². The van der Waals surface area contributed by atoms with E-state index in [-0.39, 0.29) is 17.3 Å². The minimum absolute atomic E-state index is 0.135. The van der Waals surface area contributed by atoms with Gasteiger partial charge in [0.2, 0.25) is 5.90 Å². The lowest BCUT2D eigenvalue weighted by atomic mass is 10.2. The second-order valence-electron chi connectivity index (χ2n) is 4.21. The highest BCUT2D eigenvalue weighted by Gasteiger charge is 2.15. The van der Waals surface area contributed by atoms with Gasteiger partial charge in [-0.2, -0.15) is 0 Å². The summed E-state index contributed by atoms with van der Waals surface area (Å²) in [7, 11) is 2.69. The summed E-state index contributed by atoms with van der Waals surface area (Å²) in [5.41, 5.74) is 7.12. The lowest BCUT2D eigenvalue weighted by Crippen LogP contribution is -2.12. The number of hydrogen-bond donors (Lipinski definition) is 3. The van der Waals surface area contributed by atoms with Gasteiger partial charge in [-0.15, -0.1) is 0 Å². The second kappa shape index (κ2) is 6.53. The maximum absolute atomic E-state index is 11.4. The average Bonchev–Trinajstić information content (AvgIpc) is 2.54. The van der Waals surface area contributed by atoms with Crippen LogP contribution in [0.2, 0.25) is 0 Å². The van der Waals surface area contributed by atoms with Gasteiger partial charge in [0.25, 0.3) is 0 Å². The number of benzene rings is 1. The number of rotatable bonds is 4. The molecule has 1 heterocycles. The number of nitrogen functional groups attached to an aromatic ring is 1. The van der Waals surface area contributed by atoms with Gasteiger partial charge in [-0.1, -0.05) is 0 Å². The number of aromatic nitrogens is 2. The Morgan fingerprint density at radius 3 is 2.45 bits per heavy atom. The monoisotopic (exact) mass is 301 g/mol. The summed E-state index contributed by atoms with van der Waals surface area (Å²) >= 11 is 0. The molecule has 0 aliphatic rings. The molecular formula is C14H15N5O3. The first-order valence-corrected chi connectivity index (χ1v) is 6.25. The topological polar surface area (TPSA) is 123 Å². The molecule has 1 aromatic carbocycles. The highest BCUT2D eigenvalue weighted by atomic mass is 16.5. The van der Waals surface area contributed by atoms with Crippen molar-refractivity contribution in [3.8, 4) is 0 Å². The fourth-order valence-corrected chi connectivity index (χ4v) is 1.76. The predicted molar refractivity (Wildman–Crippen MR) is 81.3 cm³/mol. The molecule has 8 nitrogen and oxygen atoms in total. The van der Waals surface area contributed by atoms with Crippen LogP contribution in [0.3, 0.4) is 0 Å². The fraction of sp³-hybridized carbons (Fsp3) is 0.143. The van der Waals surface area contributed by atoms with E-state index in [0.717, 1.165) is 0 Å². The third-order valence-electron chi connectivity index (χ3n) is 2.88. The first-order chi connectivity index (χ1) is 10.6. The van der Waals surface area contributed by atoms with Gasteiger partial charge < -0.3 is 20.5 Å². The Labute approximate surface area is 126 Å². The van der Waals surface area contributed by atoms with Gasteiger partial charge >= 0.3 is 5.97 Å². The normalized spacial score (nSPS) is 9.91. The van der Waals surface area contributed by atoms with Crippen molar-refractivity contribution in [1.82, 2.24) is 9.97 Å². The van der Waals surface area contributed by atoms with Gasteiger partial charge in [0, 0.05) is 5.69 Å². The number of ether oxygens (including phenoxy) is 2. The van der Waals surface area contributed by atoms with Crippen LogP contribution in [0.4, 0.5) is 17.3 Å². The Balaban J connectivity index is 2.29. The predicted octanol–water partition coefficient (Wildman–Crippen LogP) is 1.56. The van der Waals surface area contributed by atoms with Gasteiger partial charge in [0.1, 0.15) is 23.5 Å². The second-order valence-corrected chi connectivity index (χ2v) is 4.21. The van der Waals surface area contributed by atoms with Gasteiger partial charge in [0.05, 0.1) is 19.8 Å². The zero-order valence-corrected chi connectivity index (χ0v) is 12.1. The van der Waals surface area contributed by atoms with Crippen LogP contribution < -0.4 is 11.1 Å². The van der Waals surface area contributed by atoms with E-state index in [2.05, 4.69) is 20.0 Å². The van der Waals surface area contributed by atoms with E-state index in [1.165, 1.54) is 20.5 Å². The molecule has 0 bridgehead atoms. The maximum atomic E-state index is 11.4. The number of anilines is 3. The molecule has 114 valence electrons. The summed E-state index contributed by atoms with van der Waals surface area (Å²) < 4.78 is 9.52. The maximum Gasteiger partial charge on any atom is 0.337 e. The molecule has 0 saturated heterocycles. The standard InChI is InChI=1S/C14H15N5O3/c1-21-12(16)10-11(15)17-7-18-13(10)19-9-5-3-8(4-6-9)14(20)22-2/h3-7,16H,1-2H3,(H3,15,17,18,19). The molecule has 1 aromatic heterocycles. The number of nitrogens with two attached hydrogens (primary N) is 1. The van der Waals surface area contributed by atoms with Crippen LogP contribution in [-0.4, -0.2) is 36.1 Å². The summed E-state index contributed by atoms with van der Waals surface area (Å²) in [6, 6.07) is 6.59. The molecule has 0 amide bonds. The molecule has 0 aliphatic heterocycles. The van der Waals surface area contributed by atoms with Crippen molar-refractivity contribution in [2.45, 2.75) is 0 Å². The lowest BCUT2D eigenvalue weighted by Gasteiger charge is -2.12. The van der Waals surface area contributed by atoms with E-state index in [4.69, 9.17) is 15.9 Å². The third-order valence-corrected chi connectivity index (χ3v) is 2.88. The number of nitrogens with one attached hydrogen (secondary N) is 2. The average molecular weight is 301 g/mol. The smallest absolute Gasteiger partial charge is 0.337 e. The number of carbonyl (C=O) groups is 1. The van der Waals surface area contributed by atoms with Crippen LogP contribution in [0.1, 0.15) is 15.9 Å². The minimum atomic E-state index is -0.417. The lowest BCUT2D eigenvalue weighted by molar-refractivity contribution is 0.0601. The van der Waals surface area contributed by atoms with Gasteiger partial charge in [-0.25, -0.2) is 14.8 Å². The Kier molecular flexibility index (Phi) is 4.52. The van der Waals surface area contributed by atoms with Crippen molar-refractivity contribution in [1.29, 1.82) is 5.41 Å². The number of nitrogens with zero attached hydrogens (tertiary/aromatic N) is 2. The summed E-state index contributed by atoms with van der Waals surface area (Å²) in [5, 5.41) is 10.8. The van der Waals surface area contributed by atoms with Crippen LogP contribution in [0.25, 0.3) is 0 Å². The molecule has 0 aliphatic carbocycles. The van der Waals surface area contributed by atoms with E-state index < -0.39 is 5.97 Å². The van der Waals surface area contributed by atoms with Crippen LogP contribution in [0.15, 0.2) is 30.6 Å². The molecule has 0 unspecified atom stereocenters. The van der Waals surface area contributed by atoms with E-state index in [9.17, 15) is 4.79 Å². The van der Waals surface area contributed by atoms with Crippen LogP contribution in [0.5, 0.6) is 0 Å². The molecule has 0 saturated carbocycles. The molecule has 2 aromatic rings. The van der Waals surface area contributed by atoms with Crippen molar-refractivity contribution in [2.75, 3.05) is 25.3 Å². The zero-order valence-electron chi connectivity index (χ0n) is 12.1. The summed E-state index contributed by atoms with van der Waals surface area (Å²) in [5.74, 6) is -0.0906. The molecule has 0 radical (unpaired) electrons. The zero-order chi connectivity index (χ0) is 16.1. The SMILES string of the molecule is COC(=N)c1c(N)ncnc1Nc1ccc(C(=O)OC)cc1. The molecule has 0 fully saturated rings. The van der Waals surface area contributed by atoms with E-state index in [0.29, 0.717) is 17.1 Å². The molecule has 22 heavy (non-hydrogen) atoms. The molecule has 4 N–H and O–H groups in total. The van der Waals surface area contributed by atoms with Crippen molar-refractivity contribution in [3.05, 3.63) is 41.7 Å². The van der Waals surface area contributed by atoms with Gasteiger partial charge in [0.15, 0.2) is 0 Å². The van der Waals surface area contributed by atoms with Crippen LogP contribution in [-0.2, 0) is 9.47 Å². The Hall–Kier alpha value is -3.16. The molecule has 0 spiro atoms. The van der Waals surface area contributed by atoms with Crippen molar-refractivity contribution < 1.29 is 14.3 Å². The number of esters is 1.